The fourth-order valence-electron chi connectivity index (χ4n) is 1.18. The number of carbonyl (C=O) groups excluding carboxylic acids is 2. The second kappa shape index (κ2) is 8.64. The first-order valence-corrected chi connectivity index (χ1v) is 7.72. The van der Waals surface area contributed by atoms with Crippen molar-refractivity contribution in [3.8, 4) is 0 Å². The van der Waals surface area contributed by atoms with Crippen LogP contribution in [-0.2, 0) is 9.59 Å². The molecular formula is C12H21NO2S2. The summed E-state index contributed by atoms with van der Waals surface area (Å²) in [4.78, 5) is 23.6. The maximum atomic E-state index is 12.0. The van der Waals surface area contributed by atoms with Crippen molar-refractivity contribution in [2.45, 2.75) is 40.7 Å². The molecule has 0 heterocycles. The molecule has 0 aromatic heterocycles. The first-order valence-electron chi connectivity index (χ1n) is 5.75. The van der Waals surface area contributed by atoms with Gasteiger partial charge in [0.15, 0.2) is 5.78 Å². The highest BCUT2D eigenvalue weighted by atomic mass is 32.2. The topological polar surface area (TPSA) is 46.2 Å². The first kappa shape index (κ1) is 16.6. The van der Waals surface area contributed by atoms with Gasteiger partial charge in [0.05, 0.1) is 4.24 Å². The first-order chi connectivity index (χ1) is 7.93. The number of nitrogens with one attached hydrogen (secondary N) is 1. The lowest BCUT2D eigenvalue weighted by atomic mass is 10.2. The van der Waals surface area contributed by atoms with Crippen molar-refractivity contribution >= 4 is 35.2 Å². The predicted octanol–water partition coefficient (Wildman–Crippen LogP) is 2.82. The van der Waals surface area contributed by atoms with E-state index in [0.717, 1.165) is 15.7 Å². The average Bonchev–Trinajstić information content (AvgIpc) is 2.16. The third kappa shape index (κ3) is 6.17. The highest BCUT2D eigenvalue weighted by molar-refractivity contribution is 8.22. The molecule has 98 valence electrons. The zero-order valence-electron chi connectivity index (χ0n) is 11.1. The molecule has 1 amide bonds. The van der Waals surface area contributed by atoms with E-state index in [0.29, 0.717) is 5.57 Å². The predicted molar refractivity (Wildman–Crippen MR) is 77.2 cm³/mol. The molecule has 0 bridgehead atoms. The van der Waals surface area contributed by atoms with Crippen molar-refractivity contribution in [3.63, 3.8) is 0 Å². The molecule has 0 saturated carbocycles. The highest BCUT2D eigenvalue weighted by Gasteiger charge is 2.20. The molecule has 17 heavy (non-hydrogen) atoms. The van der Waals surface area contributed by atoms with E-state index < -0.39 is 0 Å². The Morgan fingerprint density at radius 1 is 1.12 bits per heavy atom. The van der Waals surface area contributed by atoms with Gasteiger partial charge in [0.2, 0.25) is 0 Å². The summed E-state index contributed by atoms with van der Waals surface area (Å²) in [5.41, 5.74) is 0.303. The summed E-state index contributed by atoms with van der Waals surface area (Å²) in [6.07, 6.45) is 0. The maximum Gasteiger partial charge on any atom is 0.256 e. The van der Waals surface area contributed by atoms with Crippen LogP contribution in [0.5, 0.6) is 0 Å². The standard InChI is InChI=1S/C12H21NO2S2/c1-6-16-12(17-7-2)10(9(5)14)11(15)13-8(3)4/h8H,6-7H2,1-5H3,(H,13,15). The lowest BCUT2D eigenvalue weighted by Gasteiger charge is -2.13. The van der Waals surface area contributed by atoms with Crippen molar-refractivity contribution in [1.82, 2.24) is 5.32 Å². The van der Waals surface area contributed by atoms with E-state index >= 15 is 0 Å². The van der Waals surface area contributed by atoms with Crippen LogP contribution in [0.15, 0.2) is 9.81 Å². The Bertz CT molecular complexity index is 304. The molecule has 0 aromatic rings. The Morgan fingerprint density at radius 2 is 1.59 bits per heavy atom. The van der Waals surface area contributed by atoms with Crippen LogP contribution >= 0.6 is 23.5 Å². The molecule has 0 fully saturated rings. The van der Waals surface area contributed by atoms with Gasteiger partial charge in [-0.25, -0.2) is 0 Å². The maximum absolute atomic E-state index is 12.0. The molecule has 0 saturated heterocycles. The largest absolute Gasteiger partial charge is 0.350 e. The minimum absolute atomic E-state index is 0.0383. The average molecular weight is 275 g/mol. The highest BCUT2D eigenvalue weighted by Crippen LogP contribution is 2.31. The van der Waals surface area contributed by atoms with Crippen LogP contribution in [0.3, 0.4) is 0 Å². The van der Waals surface area contributed by atoms with Gasteiger partial charge in [-0.1, -0.05) is 13.8 Å². The summed E-state index contributed by atoms with van der Waals surface area (Å²) in [6, 6.07) is 0.0383. The van der Waals surface area contributed by atoms with E-state index in [1.165, 1.54) is 6.92 Å². The molecule has 1 N–H and O–H groups in total. The van der Waals surface area contributed by atoms with E-state index in [4.69, 9.17) is 0 Å². The molecule has 0 unspecified atom stereocenters. The Kier molecular flexibility index (Phi) is 8.43. The van der Waals surface area contributed by atoms with Crippen LogP contribution in [-0.4, -0.2) is 29.2 Å². The second-order valence-electron chi connectivity index (χ2n) is 3.71. The Labute approximate surface area is 112 Å². The summed E-state index contributed by atoms with van der Waals surface area (Å²) < 4.78 is 0.834. The fraction of sp³-hybridized carbons (Fsp3) is 0.667. The van der Waals surface area contributed by atoms with E-state index in [9.17, 15) is 9.59 Å². The van der Waals surface area contributed by atoms with E-state index in [2.05, 4.69) is 5.32 Å². The summed E-state index contributed by atoms with van der Waals surface area (Å²) in [5.74, 6) is 1.28. The van der Waals surface area contributed by atoms with Crippen LogP contribution in [0.25, 0.3) is 0 Å². The van der Waals surface area contributed by atoms with Crippen molar-refractivity contribution in [3.05, 3.63) is 9.81 Å². The van der Waals surface area contributed by atoms with Crippen LogP contribution in [0.4, 0.5) is 0 Å². The van der Waals surface area contributed by atoms with Gasteiger partial charge in [0.1, 0.15) is 5.57 Å². The molecule has 0 rings (SSSR count). The zero-order valence-corrected chi connectivity index (χ0v) is 12.8. The number of hydrogen-bond donors (Lipinski definition) is 1. The molecule has 0 atom stereocenters. The SMILES string of the molecule is CCSC(SCC)=C(C(C)=O)C(=O)NC(C)C. The van der Waals surface area contributed by atoms with Gasteiger partial charge in [-0.15, -0.1) is 23.5 Å². The Morgan fingerprint density at radius 3 is 1.88 bits per heavy atom. The summed E-state index contributed by atoms with van der Waals surface area (Å²) >= 11 is 3.11. The van der Waals surface area contributed by atoms with Crippen molar-refractivity contribution in [2.75, 3.05) is 11.5 Å². The molecular weight excluding hydrogens is 254 g/mol. The Balaban J connectivity index is 5.18. The van der Waals surface area contributed by atoms with E-state index in [1.807, 2.05) is 27.7 Å². The lowest BCUT2D eigenvalue weighted by Crippen LogP contribution is -2.33. The van der Waals surface area contributed by atoms with Crippen molar-refractivity contribution in [1.29, 1.82) is 0 Å². The van der Waals surface area contributed by atoms with Gasteiger partial charge in [-0.2, -0.15) is 0 Å². The zero-order chi connectivity index (χ0) is 13.4. The number of Topliss-reactive ketones (excluding diaryl/α,β-unsaturated/α-hetero) is 1. The minimum atomic E-state index is -0.260. The smallest absolute Gasteiger partial charge is 0.256 e. The normalized spacial score (nSPS) is 10.2. The van der Waals surface area contributed by atoms with E-state index in [-0.39, 0.29) is 17.7 Å². The number of amides is 1. The monoisotopic (exact) mass is 275 g/mol. The molecule has 0 spiro atoms. The van der Waals surface area contributed by atoms with Crippen LogP contribution < -0.4 is 5.32 Å². The van der Waals surface area contributed by atoms with Crippen molar-refractivity contribution in [2.24, 2.45) is 0 Å². The molecule has 0 aromatic carbocycles. The van der Waals surface area contributed by atoms with Gasteiger partial charge in [0.25, 0.3) is 5.91 Å². The molecule has 0 aliphatic carbocycles. The van der Waals surface area contributed by atoms with Gasteiger partial charge in [-0.3, -0.25) is 9.59 Å². The van der Waals surface area contributed by atoms with Gasteiger partial charge < -0.3 is 5.32 Å². The van der Waals surface area contributed by atoms with Crippen LogP contribution in [0.2, 0.25) is 0 Å². The van der Waals surface area contributed by atoms with E-state index in [1.54, 1.807) is 23.5 Å². The third-order valence-electron chi connectivity index (χ3n) is 1.75. The number of rotatable bonds is 7. The fourth-order valence-corrected chi connectivity index (χ4v) is 3.51. The quantitative estimate of drug-likeness (QED) is 0.441. The molecule has 0 radical (unpaired) electrons. The molecule has 3 nitrogen and oxygen atoms in total. The van der Waals surface area contributed by atoms with Gasteiger partial charge in [-0.05, 0) is 32.3 Å². The van der Waals surface area contributed by atoms with Gasteiger partial charge in [0, 0.05) is 6.04 Å². The molecule has 5 heteroatoms. The number of hydrogen-bond acceptors (Lipinski definition) is 4. The third-order valence-corrected chi connectivity index (χ3v) is 3.97. The Hall–Kier alpha value is -0.420. The lowest BCUT2D eigenvalue weighted by molar-refractivity contribution is -0.122. The number of ketones is 1. The molecule has 0 aliphatic rings. The van der Waals surface area contributed by atoms with Crippen molar-refractivity contribution < 1.29 is 9.59 Å². The summed E-state index contributed by atoms with van der Waals surface area (Å²) in [7, 11) is 0. The second-order valence-corrected chi connectivity index (χ2v) is 6.52. The summed E-state index contributed by atoms with van der Waals surface area (Å²) in [5, 5.41) is 2.78. The number of thioether (sulfide) groups is 2. The van der Waals surface area contributed by atoms with Crippen LogP contribution in [0.1, 0.15) is 34.6 Å². The summed E-state index contributed by atoms with van der Waals surface area (Å²) in [6.45, 7) is 9.24. The van der Waals surface area contributed by atoms with Gasteiger partial charge >= 0.3 is 0 Å². The van der Waals surface area contributed by atoms with Crippen LogP contribution in [0, 0.1) is 0 Å². The number of carbonyl (C=O) groups is 2. The minimum Gasteiger partial charge on any atom is -0.350 e. The molecule has 0 aliphatic heterocycles.